The molecule has 2 nitrogen and oxygen atoms in total. The number of hydrogen-bond donors (Lipinski definition) is 0. The van der Waals surface area contributed by atoms with E-state index in [9.17, 15) is 0 Å². The molecule has 2 aliphatic heterocycles. The van der Waals surface area contributed by atoms with Crippen molar-refractivity contribution in [2.45, 2.75) is 12.8 Å². The Balaban J connectivity index is 2.32. The number of fused-ring (bicyclic) bond motifs is 1. The lowest BCUT2D eigenvalue weighted by molar-refractivity contribution is 0.750. The highest BCUT2D eigenvalue weighted by atomic mass is 14.9. The SMILES string of the molecule is C1=NC=C2[N]CCC=C2C1. The minimum Gasteiger partial charge on any atom is -0.283 e. The maximum atomic E-state index is 4.33. The second-order valence-corrected chi connectivity index (χ2v) is 2.45. The Morgan fingerprint density at radius 1 is 1.40 bits per heavy atom. The van der Waals surface area contributed by atoms with Gasteiger partial charge in [0.25, 0.3) is 0 Å². The largest absolute Gasteiger partial charge is 0.283 e. The van der Waals surface area contributed by atoms with Gasteiger partial charge in [-0.05, 0) is 12.0 Å². The lowest BCUT2D eigenvalue weighted by Gasteiger charge is -2.16. The summed E-state index contributed by atoms with van der Waals surface area (Å²) in [4.78, 5) is 4.04. The first-order chi connectivity index (χ1) is 4.97. The molecule has 0 unspecified atom stereocenters. The molecule has 0 bridgehead atoms. The van der Waals surface area contributed by atoms with E-state index in [1.54, 1.807) is 0 Å². The molecular formula is C8H9N2. The van der Waals surface area contributed by atoms with Gasteiger partial charge in [0.05, 0.1) is 11.9 Å². The average molecular weight is 133 g/mol. The van der Waals surface area contributed by atoms with Crippen LogP contribution < -0.4 is 5.32 Å². The molecule has 0 atom stereocenters. The van der Waals surface area contributed by atoms with Crippen LogP contribution in [0, 0.1) is 0 Å². The fourth-order valence-electron chi connectivity index (χ4n) is 1.22. The molecule has 51 valence electrons. The third kappa shape index (κ3) is 0.856. The van der Waals surface area contributed by atoms with Crippen LogP contribution in [0.15, 0.2) is 28.5 Å². The van der Waals surface area contributed by atoms with Gasteiger partial charge in [-0.1, -0.05) is 6.08 Å². The Kier molecular flexibility index (Phi) is 1.31. The number of nitrogens with zero attached hydrogens (tertiary/aromatic N) is 2. The van der Waals surface area contributed by atoms with E-state index in [1.807, 2.05) is 12.4 Å². The number of hydrogen-bond acceptors (Lipinski definition) is 1. The zero-order valence-corrected chi connectivity index (χ0v) is 5.75. The van der Waals surface area contributed by atoms with Gasteiger partial charge in [0.15, 0.2) is 0 Å². The molecule has 0 aromatic rings. The van der Waals surface area contributed by atoms with Gasteiger partial charge < -0.3 is 0 Å². The minimum atomic E-state index is 0.935. The van der Waals surface area contributed by atoms with Crippen molar-refractivity contribution in [1.82, 2.24) is 5.32 Å². The van der Waals surface area contributed by atoms with E-state index in [1.165, 1.54) is 5.57 Å². The molecule has 0 amide bonds. The second-order valence-electron chi connectivity index (χ2n) is 2.45. The molecule has 1 radical (unpaired) electrons. The van der Waals surface area contributed by atoms with Gasteiger partial charge in [-0.2, -0.15) is 0 Å². The summed E-state index contributed by atoms with van der Waals surface area (Å²) in [5, 5.41) is 4.33. The van der Waals surface area contributed by atoms with Crippen molar-refractivity contribution in [3.8, 4) is 0 Å². The first-order valence-electron chi connectivity index (χ1n) is 3.55. The molecular weight excluding hydrogens is 124 g/mol. The topological polar surface area (TPSA) is 26.5 Å². The molecule has 2 rings (SSSR count). The number of rotatable bonds is 0. The Morgan fingerprint density at radius 2 is 2.40 bits per heavy atom. The van der Waals surface area contributed by atoms with Crippen LogP contribution in [0.3, 0.4) is 0 Å². The molecule has 0 saturated heterocycles. The number of allylic oxidation sites excluding steroid dienone is 1. The Bertz CT molecular complexity index is 223. The first-order valence-corrected chi connectivity index (χ1v) is 3.55. The lowest BCUT2D eigenvalue weighted by Crippen LogP contribution is -2.14. The third-order valence-corrected chi connectivity index (χ3v) is 1.74. The van der Waals surface area contributed by atoms with E-state index in [-0.39, 0.29) is 0 Å². The van der Waals surface area contributed by atoms with E-state index in [0.717, 1.165) is 25.1 Å². The van der Waals surface area contributed by atoms with Crippen LogP contribution in [0.4, 0.5) is 0 Å². The first kappa shape index (κ1) is 5.71. The van der Waals surface area contributed by atoms with Crippen molar-refractivity contribution in [3.05, 3.63) is 23.5 Å². The predicted octanol–water partition coefficient (Wildman–Crippen LogP) is 1.24. The fourth-order valence-corrected chi connectivity index (χ4v) is 1.22. The predicted molar refractivity (Wildman–Crippen MR) is 40.9 cm³/mol. The summed E-state index contributed by atoms with van der Waals surface area (Å²) < 4.78 is 0. The van der Waals surface area contributed by atoms with Crippen LogP contribution in [0.25, 0.3) is 0 Å². The highest BCUT2D eigenvalue weighted by Gasteiger charge is 2.11. The van der Waals surface area contributed by atoms with Crippen molar-refractivity contribution < 1.29 is 0 Å². The molecule has 2 aliphatic rings. The number of aliphatic imine (C=N–C) groups is 1. The van der Waals surface area contributed by atoms with Gasteiger partial charge in [0.1, 0.15) is 0 Å². The van der Waals surface area contributed by atoms with E-state index in [4.69, 9.17) is 0 Å². The summed E-state index contributed by atoms with van der Waals surface area (Å²) in [7, 11) is 0. The summed E-state index contributed by atoms with van der Waals surface area (Å²) >= 11 is 0. The highest BCUT2D eigenvalue weighted by molar-refractivity contribution is 5.67. The molecule has 0 aromatic heterocycles. The summed E-state index contributed by atoms with van der Waals surface area (Å²) in [5.74, 6) is 0. The molecule has 0 saturated carbocycles. The second kappa shape index (κ2) is 2.29. The average Bonchev–Trinajstić information content (AvgIpc) is 2.05. The van der Waals surface area contributed by atoms with Crippen molar-refractivity contribution >= 4 is 6.21 Å². The molecule has 2 heteroatoms. The maximum absolute atomic E-state index is 4.33. The zero-order valence-electron chi connectivity index (χ0n) is 5.75. The maximum Gasteiger partial charge on any atom is 0.0789 e. The van der Waals surface area contributed by atoms with Crippen LogP contribution >= 0.6 is 0 Å². The summed E-state index contributed by atoms with van der Waals surface area (Å²) in [6.45, 7) is 0.935. The van der Waals surface area contributed by atoms with Crippen molar-refractivity contribution in [3.63, 3.8) is 0 Å². The molecule has 10 heavy (non-hydrogen) atoms. The zero-order chi connectivity index (χ0) is 6.81. The Labute approximate surface area is 60.3 Å². The Hall–Kier alpha value is -1.05. The summed E-state index contributed by atoms with van der Waals surface area (Å²) in [6.07, 6.45) is 8.09. The smallest absolute Gasteiger partial charge is 0.0789 e. The van der Waals surface area contributed by atoms with Crippen LogP contribution in [0.2, 0.25) is 0 Å². The van der Waals surface area contributed by atoms with Gasteiger partial charge in [-0.15, -0.1) is 0 Å². The molecule has 0 spiro atoms. The monoisotopic (exact) mass is 133 g/mol. The van der Waals surface area contributed by atoms with Crippen LogP contribution in [0.5, 0.6) is 0 Å². The van der Waals surface area contributed by atoms with Crippen LogP contribution in [0.1, 0.15) is 12.8 Å². The molecule has 2 heterocycles. The molecule has 0 aromatic carbocycles. The fraction of sp³-hybridized carbons (Fsp3) is 0.375. The van der Waals surface area contributed by atoms with Crippen molar-refractivity contribution in [2.75, 3.05) is 6.54 Å². The minimum absolute atomic E-state index is 0.935. The van der Waals surface area contributed by atoms with Gasteiger partial charge in [-0.3, -0.25) is 10.3 Å². The normalized spacial score (nSPS) is 22.4. The highest BCUT2D eigenvalue weighted by Crippen LogP contribution is 2.19. The summed E-state index contributed by atoms with van der Waals surface area (Å²) in [5.41, 5.74) is 2.44. The standard InChI is InChI=1S/C8H9N2/c1-2-7-3-5-9-6-8(7)10-4-1/h2,5-6H,1,3-4H2. The van der Waals surface area contributed by atoms with Gasteiger partial charge >= 0.3 is 0 Å². The quantitative estimate of drug-likeness (QED) is 0.475. The molecule has 0 fully saturated rings. The van der Waals surface area contributed by atoms with Crippen LogP contribution in [-0.4, -0.2) is 12.8 Å². The van der Waals surface area contributed by atoms with E-state index in [2.05, 4.69) is 16.4 Å². The Morgan fingerprint density at radius 3 is 3.30 bits per heavy atom. The lowest BCUT2D eigenvalue weighted by atomic mass is 10.0. The van der Waals surface area contributed by atoms with Crippen LogP contribution in [-0.2, 0) is 0 Å². The van der Waals surface area contributed by atoms with Gasteiger partial charge in [0.2, 0.25) is 0 Å². The van der Waals surface area contributed by atoms with E-state index < -0.39 is 0 Å². The van der Waals surface area contributed by atoms with E-state index in [0.29, 0.717) is 0 Å². The van der Waals surface area contributed by atoms with Gasteiger partial charge in [-0.25, -0.2) is 0 Å². The third-order valence-electron chi connectivity index (χ3n) is 1.74. The van der Waals surface area contributed by atoms with Crippen molar-refractivity contribution in [2.24, 2.45) is 4.99 Å². The molecule has 0 aliphatic carbocycles. The van der Waals surface area contributed by atoms with Crippen molar-refractivity contribution in [1.29, 1.82) is 0 Å². The van der Waals surface area contributed by atoms with E-state index >= 15 is 0 Å². The summed E-state index contributed by atoms with van der Waals surface area (Å²) in [6, 6.07) is 0. The molecule has 0 N–H and O–H groups in total. The van der Waals surface area contributed by atoms with Gasteiger partial charge in [0, 0.05) is 19.2 Å².